The molecule has 0 bridgehead atoms. The fourth-order valence-electron chi connectivity index (χ4n) is 1.95. The van der Waals surface area contributed by atoms with Crippen molar-refractivity contribution < 1.29 is 4.39 Å². The van der Waals surface area contributed by atoms with Crippen LogP contribution in [0.2, 0.25) is 0 Å². The summed E-state index contributed by atoms with van der Waals surface area (Å²) < 4.78 is 12.8. The number of hydrogen-bond donors (Lipinski definition) is 0. The van der Waals surface area contributed by atoms with E-state index in [1.807, 2.05) is 12.1 Å². The average molecular weight is 228 g/mol. The minimum absolute atomic E-state index is 0.190. The van der Waals surface area contributed by atoms with E-state index < -0.39 is 0 Å². The number of hydrogen-bond acceptors (Lipinski definition) is 0. The van der Waals surface area contributed by atoms with Gasteiger partial charge in [-0.1, -0.05) is 50.2 Å². The lowest BCUT2D eigenvalue weighted by molar-refractivity contribution is 0.628. The van der Waals surface area contributed by atoms with E-state index in [-0.39, 0.29) is 5.82 Å². The topological polar surface area (TPSA) is 0 Å². The van der Waals surface area contributed by atoms with Gasteiger partial charge in [-0.3, -0.25) is 0 Å². The zero-order valence-corrected chi connectivity index (χ0v) is 10.3. The van der Waals surface area contributed by atoms with E-state index in [2.05, 4.69) is 38.1 Å². The molecule has 0 aliphatic heterocycles. The summed E-state index contributed by atoms with van der Waals surface area (Å²) >= 11 is 0. The molecule has 0 fully saturated rings. The minimum atomic E-state index is -0.190. The van der Waals surface area contributed by atoms with E-state index in [0.29, 0.717) is 5.92 Å². The molecule has 0 aliphatic carbocycles. The van der Waals surface area contributed by atoms with E-state index in [9.17, 15) is 4.39 Å². The van der Waals surface area contributed by atoms with Gasteiger partial charge in [0.25, 0.3) is 0 Å². The Morgan fingerprint density at radius 3 is 1.76 bits per heavy atom. The predicted octanol–water partition coefficient (Wildman–Crippen LogP) is 4.69. The summed E-state index contributed by atoms with van der Waals surface area (Å²) in [6, 6.07) is 15.1. The van der Waals surface area contributed by atoms with Crippen LogP contribution in [-0.4, -0.2) is 0 Å². The maximum atomic E-state index is 12.8. The van der Waals surface area contributed by atoms with Crippen molar-refractivity contribution in [3.63, 3.8) is 0 Å². The number of benzene rings is 2. The van der Waals surface area contributed by atoms with Gasteiger partial charge in [0.05, 0.1) is 0 Å². The number of halogens is 1. The van der Waals surface area contributed by atoms with Crippen LogP contribution in [-0.2, 0) is 6.42 Å². The Hall–Kier alpha value is -1.63. The van der Waals surface area contributed by atoms with Crippen LogP contribution in [0.5, 0.6) is 0 Å². The van der Waals surface area contributed by atoms with Crippen LogP contribution in [0.1, 0.15) is 19.4 Å². The Morgan fingerprint density at radius 1 is 0.824 bits per heavy atom. The molecule has 0 saturated carbocycles. The van der Waals surface area contributed by atoms with Crippen LogP contribution in [0.15, 0.2) is 48.5 Å². The largest absolute Gasteiger partial charge is 0.207 e. The van der Waals surface area contributed by atoms with Gasteiger partial charge in [-0.2, -0.15) is 0 Å². The third-order valence-corrected chi connectivity index (χ3v) is 2.78. The van der Waals surface area contributed by atoms with Gasteiger partial charge in [0.15, 0.2) is 0 Å². The van der Waals surface area contributed by atoms with E-state index in [1.165, 1.54) is 17.7 Å². The molecule has 2 aromatic rings. The molecule has 0 spiro atoms. The van der Waals surface area contributed by atoms with Gasteiger partial charge in [-0.25, -0.2) is 4.39 Å². The van der Waals surface area contributed by atoms with Gasteiger partial charge >= 0.3 is 0 Å². The van der Waals surface area contributed by atoms with Crippen molar-refractivity contribution in [1.29, 1.82) is 0 Å². The molecular formula is C16H17F. The Balaban J connectivity index is 2.20. The lowest BCUT2D eigenvalue weighted by Gasteiger charge is -2.06. The van der Waals surface area contributed by atoms with Crippen molar-refractivity contribution in [3.8, 4) is 11.1 Å². The molecule has 0 heterocycles. The van der Waals surface area contributed by atoms with Gasteiger partial charge in [-0.05, 0) is 41.2 Å². The molecule has 88 valence electrons. The summed E-state index contributed by atoms with van der Waals surface area (Å²) in [4.78, 5) is 0. The summed E-state index contributed by atoms with van der Waals surface area (Å²) in [5, 5.41) is 0. The number of rotatable bonds is 3. The fourth-order valence-corrected chi connectivity index (χ4v) is 1.95. The summed E-state index contributed by atoms with van der Waals surface area (Å²) in [5.41, 5.74) is 3.55. The molecule has 0 atom stereocenters. The predicted molar refractivity (Wildman–Crippen MR) is 70.4 cm³/mol. The highest BCUT2D eigenvalue weighted by atomic mass is 19.1. The van der Waals surface area contributed by atoms with E-state index in [4.69, 9.17) is 0 Å². The Kier molecular flexibility index (Phi) is 3.58. The van der Waals surface area contributed by atoms with Crippen molar-refractivity contribution in [1.82, 2.24) is 0 Å². The molecule has 0 aliphatic rings. The van der Waals surface area contributed by atoms with Gasteiger partial charge in [0.1, 0.15) is 5.82 Å². The van der Waals surface area contributed by atoms with Crippen LogP contribution in [0.25, 0.3) is 11.1 Å². The molecule has 0 nitrogen and oxygen atoms in total. The van der Waals surface area contributed by atoms with Crippen molar-refractivity contribution >= 4 is 0 Å². The molecule has 0 radical (unpaired) electrons. The Morgan fingerprint density at radius 2 is 1.29 bits per heavy atom. The first kappa shape index (κ1) is 11.8. The molecule has 1 heteroatoms. The van der Waals surface area contributed by atoms with Crippen LogP contribution in [0, 0.1) is 11.7 Å². The average Bonchev–Trinajstić information content (AvgIpc) is 2.30. The maximum absolute atomic E-state index is 12.8. The summed E-state index contributed by atoms with van der Waals surface area (Å²) in [7, 11) is 0. The summed E-state index contributed by atoms with van der Waals surface area (Å²) in [6.07, 6.45) is 1.10. The normalized spacial score (nSPS) is 10.8. The van der Waals surface area contributed by atoms with Gasteiger partial charge in [0.2, 0.25) is 0 Å². The van der Waals surface area contributed by atoms with Crippen molar-refractivity contribution in [2.45, 2.75) is 20.3 Å². The molecule has 0 amide bonds. The smallest absolute Gasteiger partial charge is 0.123 e. The van der Waals surface area contributed by atoms with Gasteiger partial charge in [0, 0.05) is 0 Å². The highest BCUT2D eigenvalue weighted by Gasteiger charge is 2.00. The van der Waals surface area contributed by atoms with Crippen molar-refractivity contribution in [2.24, 2.45) is 5.92 Å². The van der Waals surface area contributed by atoms with Crippen LogP contribution >= 0.6 is 0 Å². The molecule has 0 N–H and O–H groups in total. The SMILES string of the molecule is CC(C)Cc1ccc(-c2ccc(F)cc2)cc1. The van der Waals surface area contributed by atoms with Crippen molar-refractivity contribution in [3.05, 3.63) is 59.9 Å². The maximum Gasteiger partial charge on any atom is 0.123 e. The van der Waals surface area contributed by atoms with Gasteiger partial charge in [-0.15, -0.1) is 0 Å². The monoisotopic (exact) mass is 228 g/mol. The molecular weight excluding hydrogens is 211 g/mol. The Bertz CT molecular complexity index is 466. The standard InChI is InChI=1S/C16H17F/c1-12(2)11-13-3-5-14(6-4-13)15-7-9-16(17)10-8-15/h3-10,12H,11H2,1-2H3. The summed E-state index contributed by atoms with van der Waals surface area (Å²) in [6.45, 7) is 4.43. The molecule has 2 aromatic carbocycles. The van der Waals surface area contributed by atoms with Crippen molar-refractivity contribution in [2.75, 3.05) is 0 Å². The molecule has 17 heavy (non-hydrogen) atoms. The third kappa shape index (κ3) is 3.16. The first-order valence-electron chi connectivity index (χ1n) is 6.00. The van der Waals surface area contributed by atoms with Gasteiger partial charge < -0.3 is 0 Å². The zero-order chi connectivity index (χ0) is 12.3. The quantitative estimate of drug-likeness (QED) is 0.714. The second-order valence-electron chi connectivity index (χ2n) is 4.80. The first-order valence-corrected chi connectivity index (χ1v) is 6.00. The van der Waals surface area contributed by atoms with Crippen LogP contribution < -0.4 is 0 Å². The fraction of sp³-hybridized carbons (Fsp3) is 0.250. The third-order valence-electron chi connectivity index (χ3n) is 2.78. The van der Waals surface area contributed by atoms with E-state index in [0.717, 1.165) is 17.5 Å². The Labute approximate surface area is 102 Å². The van der Waals surface area contributed by atoms with Crippen LogP contribution in [0.3, 0.4) is 0 Å². The van der Waals surface area contributed by atoms with E-state index >= 15 is 0 Å². The molecule has 2 rings (SSSR count). The molecule has 0 aromatic heterocycles. The van der Waals surface area contributed by atoms with Crippen LogP contribution in [0.4, 0.5) is 4.39 Å². The highest BCUT2D eigenvalue weighted by Crippen LogP contribution is 2.20. The zero-order valence-electron chi connectivity index (χ0n) is 10.3. The lowest BCUT2D eigenvalue weighted by Crippen LogP contribution is -1.93. The highest BCUT2D eigenvalue weighted by molar-refractivity contribution is 5.63. The second-order valence-corrected chi connectivity index (χ2v) is 4.80. The second kappa shape index (κ2) is 5.13. The molecule has 0 unspecified atom stereocenters. The minimum Gasteiger partial charge on any atom is -0.207 e. The molecule has 0 saturated heterocycles. The first-order chi connectivity index (χ1) is 8.15. The lowest BCUT2D eigenvalue weighted by atomic mass is 9.99. The van der Waals surface area contributed by atoms with E-state index in [1.54, 1.807) is 0 Å². The summed E-state index contributed by atoms with van der Waals surface area (Å²) in [5.74, 6) is 0.483.